The van der Waals surface area contributed by atoms with E-state index in [9.17, 15) is 0 Å². The van der Waals surface area contributed by atoms with E-state index >= 15 is 0 Å². The van der Waals surface area contributed by atoms with Crippen LogP contribution in [0.15, 0.2) is 10.2 Å². The van der Waals surface area contributed by atoms with E-state index in [0.717, 1.165) is 25.7 Å². The lowest BCUT2D eigenvalue weighted by atomic mass is 9.98. The summed E-state index contributed by atoms with van der Waals surface area (Å²) < 4.78 is 0. The van der Waals surface area contributed by atoms with Crippen molar-refractivity contribution in [2.45, 2.75) is 81.1 Å². The zero-order valence-corrected chi connectivity index (χ0v) is 15.0. The first-order valence-electron chi connectivity index (χ1n) is 8.31. The Hall–Kier alpha value is -0.660. The Morgan fingerprint density at radius 1 is 0.500 bits per heavy atom. The van der Waals surface area contributed by atoms with Gasteiger partial charge in [-0.05, 0) is 49.4 Å². The van der Waals surface area contributed by atoms with Crippen LogP contribution in [0.3, 0.4) is 0 Å². The average Bonchev–Trinajstić information content (AvgIpc) is 2.22. The SMILES string of the molecule is CC(C)CC(CC(C)C)=NN=C(CC(C)C)CC(C)C. The van der Waals surface area contributed by atoms with E-state index in [1.54, 1.807) is 0 Å². The first kappa shape index (κ1) is 19.3. The van der Waals surface area contributed by atoms with Gasteiger partial charge in [-0.2, -0.15) is 10.2 Å². The topological polar surface area (TPSA) is 24.7 Å². The van der Waals surface area contributed by atoms with Gasteiger partial charge in [0.2, 0.25) is 0 Å². The van der Waals surface area contributed by atoms with Crippen molar-refractivity contribution in [3.63, 3.8) is 0 Å². The molecular weight excluding hydrogens is 244 g/mol. The number of nitrogens with zero attached hydrogens (tertiary/aromatic N) is 2. The maximum absolute atomic E-state index is 4.62. The van der Waals surface area contributed by atoms with Crippen LogP contribution in [0.1, 0.15) is 81.1 Å². The molecule has 2 nitrogen and oxygen atoms in total. The highest BCUT2D eigenvalue weighted by Crippen LogP contribution is 2.13. The summed E-state index contributed by atoms with van der Waals surface area (Å²) >= 11 is 0. The van der Waals surface area contributed by atoms with Gasteiger partial charge in [0.1, 0.15) is 0 Å². The molecule has 0 saturated carbocycles. The fraction of sp³-hybridized carbons (Fsp3) is 0.889. The van der Waals surface area contributed by atoms with E-state index in [-0.39, 0.29) is 0 Å². The predicted molar refractivity (Wildman–Crippen MR) is 92.7 cm³/mol. The van der Waals surface area contributed by atoms with Crippen molar-refractivity contribution in [2.24, 2.45) is 33.9 Å². The fourth-order valence-electron chi connectivity index (χ4n) is 2.36. The molecule has 0 amide bonds. The highest BCUT2D eigenvalue weighted by atomic mass is 15.2. The zero-order valence-electron chi connectivity index (χ0n) is 15.0. The minimum atomic E-state index is 0.654. The van der Waals surface area contributed by atoms with Crippen molar-refractivity contribution >= 4 is 11.4 Å². The van der Waals surface area contributed by atoms with Crippen LogP contribution in [0.25, 0.3) is 0 Å². The van der Waals surface area contributed by atoms with Gasteiger partial charge in [0.05, 0.1) is 0 Å². The Balaban J connectivity index is 4.96. The Labute approximate surface area is 127 Å². The third-order valence-corrected chi connectivity index (χ3v) is 2.91. The number of rotatable bonds is 9. The van der Waals surface area contributed by atoms with E-state index in [1.807, 2.05) is 0 Å². The molecule has 0 heterocycles. The molecule has 0 N–H and O–H groups in total. The zero-order chi connectivity index (χ0) is 15.7. The average molecular weight is 280 g/mol. The molecule has 0 fully saturated rings. The maximum atomic E-state index is 4.62. The summed E-state index contributed by atoms with van der Waals surface area (Å²) in [6, 6.07) is 0. The van der Waals surface area contributed by atoms with Crippen molar-refractivity contribution in [1.82, 2.24) is 0 Å². The van der Waals surface area contributed by atoms with E-state index in [0.29, 0.717) is 23.7 Å². The lowest BCUT2D eigenvalue weighted by Gasteiger charge is -2.12. The molecule has 0 rings (SSSR count). The second kappa shape index (κ2) is 10.1. The van der Waals surface area contributed by atoms with Crippen LogP contribution >= 0.6 is 0 Å². The molecule has 0 aromatic rings. The van der Waals surface area contributed by atoms with Crippen LogP contribution in [-0.4, -0.2) is 11.4 Å². The molecule has 0 saturated heterocycles. The summed E-state index contributed by atoms with van der Waals surface area (Å²) in [6.07, 6.45) is 4.27. The molecule has 0 aliphatic rings. The normalized spacial score (nSPS) is 11.6. The molecule has 0 bridgehead atoms. The molecule has 0 atom stereocenters. The molecule has 0 aliphatic carbocycles. The van der Waals surface area contributed by atoms with E-state index in [1.165, 1.54) is 11.4 Å². The summed E-state index contributed by atoms with van der Waals surface area (Å²) in [5.74, 6) is 2.62. The Morgan fingerprint density at radius 2 is 0.700 bits per heavy atom. The van der Waals surface area contributed by atoms with Gasteiger partial charge in [0, 0.05) is 11.4 Å². The van der Waals surface area contributed by atoms with Crippen LogP contribution in [-0.2, 0) is 0 Å². The number of hydrogen-bond acceptors (Lipinski definition) is 2. The second-order valence-electron chi connectivity index (χ2n) is 7.72. The monoisotopic (exact) mass is 280 g/mol. The van der Waals surface area contributed by atoms with Crippen molar-refractivity contribution in [1.29, 1.82) is 0 Å². The summed E-state index contributed by atoms with van der Waals surface area (Å²) in [5, 5.41) is 9.23. The molecule has 20 heavy (non-hydrogen) atoms. The molecule has 118 valence electrons. The third-order valence-electron chi connectivity index (χ3n) is 2.91. The molecule has 0 spiro atoms. The van der Waals surface area contributed by atoms with Gasteiger partial charge in [-0.1, -0.05) is 55.4 Å². The van der Waals surface area contributed by atoms with Crippen LogP contribution in [0.2, 0.25) is 0 Å². The maximum Gasteiger partial charge on any atom is 0.0411 e. The summed E-state index contributed by atoms with van der Waals surface area (Å²) in [6.45, 7) is 18.0. The fourth-order valence-corrected chi connectivity index (χ4v) is 2.36. The van der Waals surface area contributed by atoms with Gasteiger partial charge < -0.3 is 0 Å². The van der Waals surface area contributed by atoms with E-state index < -0.39 is 0 Å². The van der Waals surface area contributed by atoms with E-state index in [2.05, 4.69) is 65.6 Å². The van der Waals surface area contributed by atoms with Crippen molar-refractivity contribution < 1.29 is 0 Å². The molecule has 0 aromatic carbocycles. The molecular formula is C18H36N2. The van der Waals surface area contributed by atoms with Gasteiger partial charge in [-0.15, -0.1) is 0 Å². The Kier molecular flexibility index (Phi) is 9.79. The van der Waals surface area contributed by atoms with E-state index in [4.69, 9.17) is 0 Å². The second-order valence-corrected chi connectivity index (χ2v) is 7.72. The van der Waals surface area contributed by atoms with Crippen molar-refractivity contribution in [3.05, 3.63) is 0 Å². The van der Waals surface area contributed by atoms with Gasteiger partial charge in [0.15, 0.2) is 0 Å². The minimum Gasteiger partial charge on any atom is -0.160 e. The molecule has 0 radical (unpaired) electrons. The Morgan fingerprint density at radius 3 is 0.850 bits per heavy atom. The van der Waals surface area contributed by atoms with Crippen LogP contribution in [0, 0.1) is 23.7 Å². The van der Waals surface area contributed by atoms with Gasteiger partial charge in [-0.25, -0.2) is 0 Å². The van der Waals surface area contributed by atoms with Gasteiger partial charge in [-0.3, -0.25) is 0 Å². The van der Waals surface area contributed by atoms with Crippen LogP contribution in [0.5, 0.6) is 0 Å². The summed E-state index contributed by atoms with van der Waals surface area (Å²) in [4.78, 5) is 0. The molecule has 2 heteroatoms. The first-order chi connectivity index (χ1) is 9.20. The minimum absolute atomic E-state index is 0.654. The third kappa shape index (κ3) is 11.2. The quantitative estimate of drug-likeness (QED) is 0.367. The highest BCUT2D eigenvalue weighted by Gasteiger charge is 2.09. The molecule has 0 aromatic heterocycles. The first-order valence-corrected chi connectivity index (χ1v) is 8.31. The van der Waals surface area contributed by atoms with Crippen molar-refractivity contribution in [3.8, 4) is 0 Å². The van der Waals surface area contributed by atoms with Crippen LogP contribution in [0.4, 0.5) is 0 Å². The van der Waals surface area contributed by atoms with Crippen molar-refractivity contribution in [2.75, 3.05) is 0 Å². The predicted octanol–water partition coefficient (Wildman–Crippen LogP) is 5.97. The molecule has 0 aliphatic heterocycles. The summed E-state index contributed by atoms with van der Waals surface area (Å²) in [5.41, 5.74) is 2.53. The molecule has 0 unspecified atom stereocenters. The lowest BCUT2D eigenvalue weighted by molar-refractivity contribution is 0.626. The van der Waals surface area contributed by atoms with Gasteiger partial charge in [0.25, 0.3) is 0 Å². The standard InChI is InChI=1S/C18H36N2/c1-13(2)9-17(10-14(3)4)19-20-18(11-15(5)6)12-16(7)8/h13-16H,9-12H2,1-8H3. The van der Waals surface area contributed by atoms with Gasteiger partial charge >= 0.3 is 0 Å². The Bertz CT molecular complexity index is 253. The smallest absolute Gasteiger partial charge is 0.0411 e. The van der Waals surface area contributed by atoms with Crippen LogP contribution < -0.4 is 0 Å². The highest BCUT2D eigenvalue weighted by molar-refractivity contribution is 5.88. The summed E-state index contributed by atoms with van der Waals surface area (Å²) in [7, 11) is 0. The lowest BCUT2D eigenvalue weighted by Crippen LogP contribution is -2.09. The number of hydrogen-bond donors (Lipinski definition) is 0. The largest absolute Gasteiger partial charge is 0.160 e.